The highest BCUT2D eigenvalue weighted by molar-refractivity contribution is 6.33. The van der Waals surface area contributed by atoms with E-state index < -0.39 is 0 Å². The minimum absolute atomic E-state index is 0.0909. The van der Waals surface area contributed by atoms with Crippen LogP contribution in [-0.4, -0.2) is 34.9 Å². The predicted octanol–water partition coefficient (Wildman–Crippen LogP) is 2.83. The van der Waals surface area contributed by atoms with Crippen LogP contribution in [0.4, 0.5) is 4.39 Å². The van der Waals surface area contributed by atoms with Gasteiger partial charge in [-0.2, -0.15) is 5.26 Å². The molecule has 2 heterocycles. The number of likely N-dealkylation sites (tertiary alicyclic amines) is 1. The fourth-order valence-corrected chi connectivity index (χ4v) is 2.88. The molecule has 1 amide bonds. The molecule has 1 fully saturated rings. The van der Waals surface area contributed by atoms with Gasteiger partial charge in [-0.1, -0.05) is 23.7 Å². The Bertz CT molecular complexity index is 803. The van der Waals surface area contributed by atoms with Crippen LogP contribution in [0.2, 0.25) is 5.02 Å². The Hall–Kier alpha value is -2.65. The van der Waals surface area contributed by atoms with Crippen molar-refractivity contribution in [2.24, 2.45) is 0 Å². The third-order valence-electron chi connectivity index (χ3n) is 3.90. The number of amides is 1. The molecule has 0 bridgehead atoms. The first kappa shape index (κ1) is 16.2. The van der Waals surface area contributed by atoms with Crippen LogP contribution < -0.4 is 5.32 Å². The zero-order valence-electron chi connectivity index (χ0n) is 12.7. The molecule has 1 aliphatic heterocycles. The van der Waals surface area contributed by atoms with E-state index >= 15 is 0 Å². The lowest BCUT2D eigenvalue weighted by Crippen LogP contribution is -2.37. The third kappa shape index (κ3) is 3.47. The van der Waals surface area contributed by atoms with Crippen molar-refractivity contribution in [2.45, 2.75) is 12.5 Å². The number of rotatable bonds is 3. The largest absolute Gasteiger partial charge is 0.346 e. The van der Waals surface area contributed by atoms with Gasteiger partial charge in [0.15, 0.2) is 6.19 Å². The Morgan fingerprint density at radius 2 is 2.12 bits per heavy atom. The minimum atomic E-state index is -0.365. The average Bonchev–Trinajstić information content (AvgIpc) is 3.03. The van der Waals surface area contributed by atoms with Crippen LogP contribution in [0.1, 0.15) is 16.9 Å². The summed E-state index contributed by atoms with van der Waals surface area (Å²) in [6, 6.07) is 7.49. The van der Waals surface area contributed by atoms with Crippen LogP contribution in [0.5, 0.6) is 0 Å². The zero-order valence-corrected chi connectivity index (χ0v) is 13.4. The summed E-state index contributed by atoms with van der Waals surface area (Å²) >= 11 is 6.19. The van der Waals surface area contributed by atoms with Crippen LogP contribution in [0.15, 0.2) is 36.5 Å². The Labute approximate surface area is 143 Å². The highest BCUT2D eigenvalue weighted by Crippen LogP contribution is 2.24. The lowest BCUT2D eigenvalue weighted by molar-refractivity contribution is 0.0934. The maximum absolute atomic E-state index is 13.0. The summed E-state index contributed by atoms with van der Waals surface area (Å²) in [5.41, 5.74) is 1.60. The second-order valence-corrected chi connectivity index (χ2v) is 5.97. The van der Waals surface area contributed by atoms with Crippen LogP contribution in [0.25, 0.3) is 11.1 Å². The van der Waals surface area contributed by atoms with Crippen LogP contribution in [-0.2, 0) is 0 Å². The summed E-state index contributed by atoms with van der Waals surface area (Å²) in [7, 11) is 0. The standard InChI is InChI=1S/C17H14ClFN4O/c18-15-7-12(11-1-3-13(19)4-2-11)8-21-16(15)17(24)22-14-5-6-23(9-14)10-20/h1-4,7-8,14H,5-6,9H2,(H,22,24). The third-order valence-corrected chi connectivity index (χ3v) is 4.19. The number of carbonyl (C=O) groups excluding carboxylic acids is 1. The number of nitriles is 1. The van der Waals surface area contributed by atoms with Crippen molar-refractivity contribution in [2.75, 3.05) is 13.1 Å². The normalized spacial score (nSPS) is 16.7. The lowest BCUT2D eigenvalue weighted by atomic mass is 10.1. The molecular weight excluding hydrogens is 331 g/mol. The summed E-state index contributed by atoms with van der Waals surface area (Å²) in [6.07, 6.45) is 4.31. The number of hydrogen-bond acceptors (Lipinski definition) is 4. The van der Waals surface area contributed by atoms with Crippen molar-refractivity contribution in [3.63, 3.8) is 0 Å². The number of hydrogen-bond donors (Lipinski definition) is 1. The molecule has 1 saturated heterocycles. The molecule has 3 rings (SSSR count). The van der Waals surface area contributed by atoms with Crippen molar-refractivity contribution in [3.8, 4) is 17.3 Å². The number of carbonyl (C=O) groups is 1. The summed E-state index contributed by atoms with van der Waals surface area (Å²) in [5.74, 6) is -0.688. The van der Waals surface area contributed by atoms with Gasteiger partial charge in [0.05, 0.1) is 5.02 Å². The topological polar surface area (TPSA) is 69.0 Å². The second-order valence-electron chi connectivity index (χ2n) is 5.57. The molecule has 5 nitrogen and oxygen atoms in total. The maximum Gasteiger partial charge on any atom is 0.271 e. The molecule has 1 N–H and O–H groups in total. The molecular formula is C17H14ClFN4O. The highest BCUT2D eigenvalue weighted by atomic mass is 35.5. The summed E-state index contributed by atoms with van der Waals surface area (Å²) < 4.78 is 13.0. The fraction of sp³-hybridized carbons (Fsp3) is 0.235. The van der Waals surface area contributed by atoms with Crippen molar-refractivity contribution in [3.05, 3.63) is 53.1 Å². The van der Waals surface area contributed by atoms with Gasteiger partial charge in [0.25, 0.3) is 5.91 Å². The van der Waals surface area contributed by atoms with Crippen molar-refractivity contribution in [1.29, 1.82) is 5.26 Å². The van der Waals surface area contributed by atoms with Gasteiger partial charge >= 0.3 is 0 Å². The first-order valence-electron chi connectivity index (χ1n) is 7.44. The smallest absolute Gasteiger partial charge is 0.271 e. The van der Waals surface area contributed by atoms with Gasteiger partial charge in [0.2, 0.25) is 0 Å². The van der Waals surface area contributed by atoms with Crippen molar-refractivity contribution >= 4 is 17.5 Å². The van der Waals surface area contributed by atoms with E-state index in [0.717, 1.165) is 5.56 Å². The molecule has 1 aromatic carbocycles. The SMILES string of the molecule is N#CN1CCC(NC(=O)c2ncc(-c3ccc(F)cc3)cc2Cl)C1. The minimum Gasteiger partial charge on any atom is -0.346 e. The molecule has 1 aromatic heterocycles. The lowest BCUT2D eigenvalue weighted by Gasteiger charge is -2.13. The Morgan fingerprint density at radius 1 is 1.38 bits per heavy atom. The van der Waals surface area contributed by atoms with E-state index in [-0.39, 0.29) is 28.5 Å². The molecule has 2 aromatic rings. The molecule has 0 aliphatic carbocycles. The van der Waals surface area contributed by atoms with E-state index in [9.17, 15) is 9.18 Å². The molecule has 1 atom stereocenters. The number of benzene rings is 1. The Morgan fingerprint density at radius 3 is 2.75 bits per heavy atom. The molecule has 122 valence electrons. The molecule has 7 heteroatoms. The molecule has 1 aliphatic rings. The van der Waals surface area contributed by atoms with Crippen LogP contribution >= 0.6 is 11.6 Å². The first-order valence-corrected chi connectivity index (χ1v) is 7.81. The first-order chi connectivity index (χ1) is 11.6. The van der Waals surface area contributed by atoms with Gasteiger partial charge in [0.1, 0.15) is 11.5 Å². The second kappa shape index (κ2) is 6.85. The molecule has 0 spiro atoms. The molecule has 0 saturated carbocycles. The number of nitrogens with zero attached hydrogens (tertiary/aromatic N) is 3. The average molecular weight is 345 g/mol. The van der Waals surface area contributed by atoms with Gasteiger partial charge < -0.3 is 10.2 Å². The quantitative estimate of drug-likeness (QED) is 0.869. The summed E-state index contributed by atoms with van der Waals surface area (Å²) in [4.78, 5) is 18.0. The van der Waals surface area contributed by atoms with Gasteiger partial charge in [-0.15, -0.1) is 0 Å². The molecule has 0 radical (unpaired) electrons. The number of nitrogens with one attached hydrogen (secondary N) is 1. The number of aromatic nitrogens is 1. The number of pyridine rings is 1. The number of halogens is 2. The van der Waals surface area contributed by atoms with Crippen LogP contribution in [0, 0.1) is 17.3 Å². The fourth-order valence-electron chi connectivity index (χ4n) is 2.63. The van der Waals surface area contributed by atoms with E-state index in [4.69, 9.17) is 16.9 Å². The summed E-state index contributed by atoms with van der Waals surface area (Å²) in [6.45, 7) is 1.12. The molecule has 1 unspecified atom stereocenters. The maximum atomic E-state index is 13.0. The van der Waals surface area contributed by atoms with Gasteiger partial charge in [-0.05, 0) is 30.2 Å². The van der Waals surface area contributed by atoms with Crippen molar-refractivity contribution in [1.82, 2.24) is 15.2 Å². The zero-order chi connectivity index (χ0) is 17.1. The Kier molecular flexibility index (Phi) is 4.63. The van der Waals surface area contributed by atoms with E-state index in [1.165, 1.54) is 18.3 Å². The highest BCUT2D eigenvalue weighted by Gasteiger charge is 2.24. The van der Waals surface area contributed by atoms with E-state index in [0.29, 0.717) is 25.1 Å². The van der Waals surface area contributed by atoms with Gasteiger partial charge in [-0.25, -0.2) is 9.37 Å². The van der Waals surface area contributed by atoms with Gasteiger partial charge in [0, 0.05) is 30.9 Å². The predicted molar refractivity (Wildman–Crippen MR) is 87.7 cm³/mol. The van der Waals surface area contributed by atoms with E-state index in [2.05, 4.69) is 16.5 Å². The monoisotopic (exact) mass is 344 g/mol. The van der Waals surface area contributed by atoms with Gasteiger partial charge in [-0.3, -0.25) is 4.79 Å². The summed E-state index contributed by atoms with van der Waals surface area (Å²) in [5, 5.41) is 11.9. The van der Waals surface area contributed by atoms with Crippen molar-refractivity contribution < 1.29 is 9.18 Å². The Balaban J connectivity index is 1.74. The van der Waals surface area contributed by atoms with E-state index in [1.807, 2.05) is 0 Å². The molecule has 24 heavy (non-hydrogen) atoms. The van der Waals surface area contributed by atoms with Crippen LogP contribution in [0.3, 0.4) is 0 Å². The van der Waals surface area contributed by atoms with E-state index in [1.54, 1.807) is 23.1 Å².